The molecule has 0 aromatic heterocycles. The molecular formula is C21H25N2O4P. The molecule has 6 nitrogen and oxygen atoms in total. The zero-order chi connectivity index (χ0) is 20.1. The van der Waals surface area contributed by atoms with Crippen molar-refractivity contribution in [3.05, 3.63) is 60.7 Å². The van der Waals surface area contributed by atoms with Gasteiger partial charge in [-0.2, -0.15) is 0 Å². The van der Waals surface area contributed by atoms with E-state index in [0.29, 0.717) is 29.3 Å². The second kappa shape index (κ2) is 8.72. The number of nitrogens with zero attached hydrogens (tertiary/aromatic N) is 2. The maximum Gasteiger partial charge on any atom is 0.323 e. The van der Waals surface area contributed by atoms with E-state index in [0.717, 1.165) is 6.42 Å². The summed E-state index contributed by atoms with van der Waals surface area (Å²) in [6.07, 6.45) is 1.39. The van der Waals surface area contributed by atoms with Gasteiger partial charge in [0.25, 0.3) is 0 Å². The fraction of sp³-hybridized carbons (Fsp3) is 0.333. The number of ether oxygens (including phenoxy) is 1. The Morgan fingerprint density at radius 1 is 1.14 bits per heavy atom. The molecule has 0 radical (unpaired) electrons. The molecule has 28 heavy (non-hydrogen) atoms. The molecule has 2 atom stereocenters. The summed E-state index contributed by atoms with van der Waals surface area (Å²) in [5, 5.41) is 14.4. The van der Waals surface area contributed by atoms with E-state index >= 15 is 0 Å². The molecule has 1 heterocycles. The zero-order valence-corrected chi connectivity index (χ0v) is 17.0. The highest BCUT2D eigenvalue weighted by Crippen LogP contribution is 2.52. The summed E-state index contributed by atoms with van der Waals surface area (Å²) in [6.45, 7) is 2.22. The highest BCUT2D eigenvalue weighted by molar-refractivity contribution is 7.80. The van der Waals surface area contributed by atoms with Gasteiger partial charge in [-0.05, 0) is 19.8 Å². The van der Waals surface area contributed by atoms with Crippen LogP contribution in [0.1, 0.15) is 19.8 Å². The number of oxime groups is 1. The molecule has 7 heteroatoms. The third-order valence-corrected chi connectivity index (χ3v) is 8.73. The minimum absolute atomic E-state index is 0.312. The number of benzene rings is 2. The first-order valence-corrected chi connectivity index (χ1v) is 11.0. The molecule has 0 amide bonds. The van der Waals surface area contributed by atoms with E-state index in [2.05, 4.69) is 5.16 Å². The van der Waals surface area contributed by atoms with Crippen LogP contribution in [0, 0.1) is 0 Å². The second-order valence-electron chi connectivity index (χ2n) is 6.86. The first kappa shape index (κ1) is 20.3. The number of likely N-dealkylation sites (tertiary alicyclic amines) is 1. The van der Waals surface area contributed by atoms with Crippen LogP contribution in [-0.2, 0) is 14.1 Å². The van der Waals surface area contributed by atoms with Crippen molar-refractivity contribution in [2.24, 2.45) is 5.16 Å². The van der Waals surface area contributed by atoms with Gasteiger partial charge in [0.2, 0.25) is 0 Å². The standard InChI is InChI=1S/C21H25N2O4P/c1-16(22-25)20(23-15-9-14-19(23)21(24)27-2)28(26,17-10-5-3-6-11-17)18-12-7-4-8-13-18/h3-8,10-13,19-20,25H,9,14-15H2,1-2H3/b22-16+/t19-,20-/m0/s1. The molecule has 1 aliphatic heterocycles. The Bertz CT molecular complexity index is 842. The lowest BCUT2D eigenvalue weighted by molar-refractivity contribution is -0.145. The second-order valence-corrected chi connectivity index (χ2v) is 9.70. The van der Waals surface area contributed by atoms with Crippen molar-refractivity contribution in [1.82, 2.24) is 4.90 Å². The molecule has 0 bridgehead atoms. The fourth-order valence-electron chi connectivity index (χ4n) is 3.96. The first-order valence-electron chi connectivity index (χ1n) is 9.27. The molecule has 0 spiro atoms. The highest BCUT2D eigenvalue weighted by atomic mass is 31.2. The summed E-state index contributed by atoms with van der Waals surface area (Å²) >= 11 is 0. The van der Waals surface area contributed by atoms with Gasteiger partial charge in [0.15, 0.2) is 7.14 Å². The number of carbonyl (C=O) groups excluding carboxylic acids is 1. The number of rotatable bonds is 6. The normalized spacial score (nSPS) is 19.4. The van der Waals surface area contributed by atoms with Gasteiger partial charge in [-0.1, -0.05) is 65.8 Å². The van der Waals surface area contributed by atoms with Gasteiger partial charge in [-0.3, -0.25) is 9.69 Å². The fourth-order valence-corrected chi connectivity index (χ4v) is 7.33. The summed E-state index contributed by atoms with van der Waals surface area (Å²) in [5.74, 6) is -1.10. The van der Waals surface area contributed by atoms with Crippen LogP contribution in [0.25, 0.3) is 0 Å². The number of carbonyl (C=O) groups is 1. The lowest BCUT2D eigenvalue weighted by Gasteiger charge is -2.37. The van der Waals surface area contributed by atoms with E-state index in [1.807, 2.05) is 65.6 Å². The Morgan fingerprint density at radius 3 is 2.14 bits per heavy atom. The molecule has 1 saturated heterocycles. The lowest BCUT2D eigenvalue weighted by Crippen LogP contribution is -2.49. The molecule has 148 valence electrons. The largest absolute Gasteiger partial charge is 0.468 e. The van der Waals surface area contributed by atoms with Gasteiger partial charge in [0, 0.05) is 17.2 Å². The molecule has 2 aromatic rings. The number of hydrogen-bond donors (Lipinski definition) is 1. The van der Waals surface area contributed by atoms with E-state index < -0.39 is 19.0 Å². The van der Waals surface area contributed by atoms with E-state index in [1.165, 1.54) is 7.11 Å². The van der Waals surface area contributed by atoms with Crippen LogP contribution in [0.2, 0.25) is 0 Å². The van der Waals surface area contributed by atoms with Crippen LogP contribution >= 0.6 is 7.14 Å². The molecular weight excluding hydrogens is 375 g/mol. The third kappa shape index (κ3) is 3.62. The van der Waals surface area contributed by atoms with Crippen molar-refractivity contribution < 1.29 is 19.3 Å². The maximum atomic E-state index is 14.8. The highest BCUT2D eigenvalue weighted by Gasteiger charge is 2.48. The van der Waals surface area contributed by atoms with E-state index in [4.69, 9.17) is 4.74 Å². The zero-order valence-electron chi connectivity index (χ0n) is 16.1. The topological polar surface area (TPSA) is 79.2 Å². The predicted molar refractivity (Wildman–Crippen MR) is 110 cm³/mol. The minimum atomic E-state index is -3.32. The summed E-state index contributed by atoms with van der Waals surface area (Å²) in [7, 11) is -1.96. The van der Waals surface area contributed by atoms with Crippen molar-refractivity contribution in [2.45, 2.75) is 31.6 Å². The summed E-state index contributed by atoms with van der Waals surface area (Å²) < 4.78 is 19.8. The van der Waals surface area contributed by atoms with Gasteiger partial charge in [0.1, 0.15) is 11.8 Å². The van der Waals surface area contributed by atoms with Crippen LogP contribution in [0.15, 0.2) is 65.8 Å². The van der Waals surface area contributed by atoms with Crippen LogP contribution in [0.5, 0.6) is 0 Å². The quantitative estimate of drug-likeness (QED) is 0.265. The van der Waals surface area contributed by atoms with E-state index in [1.54, 1.807) is 6.92 Å². The smallest absolute Gasteiger partial charge is 0.323 e. The molecule has 1 aliphatic rings. The van der Waals surface area contributed by atoms with Crippen LogP contribution in [0.3, 0.4) is 0 Å². The molecule has 3 rings (SSSR count). The van der Waals surface area contributed by atoms with Crippen molar-refractivity contribution in [3.8, 4) is 0 Å². The molecule has 0 saturated carbocycles. The van der Waals surface area contributed by atoms with Gasteiger partial charge in [0.05, 0.1) is 12.8 Å². The monoisotopic (exact) mass is 400 g/mol. The van der Waals surface area contributed by atoms with Crippen LogP contribution in [0.4, 0.5) is 0 Å². The summed E-state index contributed by atoms with van der Waals surface area (Å²) in [4.78, 5) is 14.3. The van der Waals surface area contributed by atoms with Gasteiger partial charge < -0.3 is 14.5 Å². The molecule has 2 aromatic carbocycles. The van der Waals surface area contributed by atoms with Gasteiger partial charge in [-0.15, -0.1) is 0 Å². The SMILES string of the molecule is COC(=O)[C@@H]1CCCN1[C@H](/C(C)=N/O)P(=O)(c1ccccc1)c1ccccc1. The Morgan fingerprint density at radius 2 is 1.68 bits per heavy atom. The van der Waals surface area contributed by atoms with Crippen molar-refractivity contribution in [1.29, 1.82) is 0 Å². The van der Waals surface area contributed by atoms with Crippen LogP contribution in [-0.4, -0.2) is 47.3 Å². The van der Waals surface area contributed by atoms with E-state index in [-0.39, 0.29) is 5.97 Å². The average Bonchev–Trinajstić information content (AvgIpc) is 3.23. The Hall–Kier alpha value is -2.43. The number of hydrogen-bond acceptors (Lipinski definition) is 6. The van der Waals surface area contributed by atoms with Crippen molar-refractivity contribution in [3.63, 3.8) is 0 Å². The average molecular weight is 400 g/mol. The number of methoxy groups -OCH3 is 1. The van der Waals surface area contributed by atoms with Crippen molar-refractivity contribution >= 4 is 29.4 Å². The molecule has 0 aliphatic carbocycles. The first-order chi connectivity index (χ1) is 13.5. The van der Waals surface area contributed by atoms with Crippen molar-refractivity contribution in [2.75, 3.05) is 13.7 Å². The van der Waals surface area contributed by atoms with Gasteiger partial charge in [-0.25, -0.2) is 0 Å². The summed E-state index contributed by atoms with van der Waals surface area (Å²) in [6, 6.07) is 17.9. The maximum absolute atomic E-state index is 14.8. The van der Waals surface area contributed by atoms with Crippen LogP contribution < -0.4 is 10.6 Å². The van der Waals surface area contributed by atoms with E-state index in [9.17, 15) is 14.6 Å². The Balaban J connectivity index is 2.22. The Labute approximate surface area is 165 Å². The number of esters is 1. The molecule has 1 N–H and O–H groups in total. The predicted octanol–water partition coefficient (Wildman–Crippen LogP) is 2.81. The lowest BCUT2D eigenvalue weighted by atomic mass is 10.2. The minimum Gasteiger partial charge on any atom is -0.468 e. The van der Waals surface area contributed by atoms with Gasteiger partial charge >= 0.3 is 5.97 Å². The third-order valence-electron chi connectivity index (χ3n) is 5.24. The summed E-state index contributed by atoms with van der Waals surface area (Å²) in [5.41, 5.74) is 0.312. The molecule has 1 fully saturated rings. The molecule has 0 unspecified atom stereocenters. The Kier molecular flexibility index (Phi) is 6.32.